The number of aromatic nitrogens is 1. The lowest BCUT2D eigenvalue weighted by Gasteiger charge is -2.34. The van der Waals surface area contributed by atoms with Crippen molar-refractivity contribution in [1.82, 2.24) is 4.98 Å². The molecular weight excluding hydrogens is 437 g/mol. The average Bonchev–Trinajstić information content (AvgIpc) is 3.07. The molecule has 0 aliphatic carbocycles. The quantitative estimate of drug-likeness (QED) is 0.576. The maximum Gasteiger partial charge on any atom is 0.317 e. The van der Waals surface area contributed by atoms with Crippen molar-refractivity contribution in [2.45, 2.75) is 16.2 Å². The summed E-state index contributed by atoms with van der Waals surface area (Å²) in [6.45, 7) is 0. The summed E-state index contributed by atoms with van der Waals surface area (Å²) in [5.41, 5.74) is 0.895. The Morgan fingerprint density at radius 1 is 1.07 bits per heavy atom. The third kappa shape index (κ3) is 3.75. The van der Waals surface area contributed by atoms with Gasteiger partial charge in [0.2, 0.25) is 0 Å². The van der Waals surface area contributed by atoms with Gasteiger partial charge >= 0.3 is 10.8 Å². The topological polar surface area (TPSA) is 87.2 Å². The van der Waals surface area contributed by atoms with Gasteiger partial charge in [-0.3, -0.25) is 14.4 Å². The summed E-state index contributed by atoms with van der Waals surface area (Å²) < 4.78 is 13.3. The van der Waals surface area contributed by atoms with Crippen molar-refractivity contribution in [3.63, 3.8) is 0 Å². The Kier molecular flexibility index (Phi) is 5.33. The smallest absolute Gasteiger partial charge is 0.317 e. The number of rotatable bonds is 4. The first-order valence-corrected chi connectivity index (χ1v) is 10.6. The number of aromatic amines is 1. The number of thioether (sulfide) groups is 1. The van der Waals surface area contributed by atoms with Crippen LogP contribution in [0.1, 0.15) is 26.7 Å². The molecule has 2 heterocycles. The number of benzene rings is 2. The van der Waals surface area contributed by atoms with Gasteiger partial charge in [-0.05, 0) is 42.0 Å². The number of hydrogen-bond donors (Lipinski definition) is 2. The van der Waals surface area contributed by atoms with Gasteiger partial charge in [0.15, 0.2) is 5.78 Å². The van der Waals surface area contributed by atoms with Gasteiger partial charge in [0.1, 0.15) is 11.1 Å². The minimum Gasteiger partial charge on any atom is -0.480 e. The molecular formula is C20H13ClFNO4S2. The molecule has 2 aromatic carbocycles. The van der Waals surface area contributed by atoms with Crippen LogP contribution in [-0.2, 0) is 4.79 Å². The zero-order valence-electron chi connectivity index (χ0n) is 14.6. The molecule has 29 heavy (non-hydrogen) atoms. The van der Waals surface area contributed by atoms with Gasteiger partial charge in [-0.1, -0.05) is 46.8 Å². The van der Waals surface area contributed by atoms with Crippen LogP contribution in [0.2, 0.25) is 5.02 Å². The lowest BCUT2D eigenvalue weighted by Crippen LogP contribution is -2.39. The SMILES string of the molecule is O=C(c1ccc(F)cc1)[C@H]1[C@H](c2ccc(Cl)cc2)c2sc(=O)[nH]c2S[C@@H]1C(=O)O. The van der Waals surface area contributed by atoms with Crippen LogP contribution in [0.15, 0.2) is 58.4 Å². The first kappa shape index (κ1) is 19.9. The molecule has 1 aromatic heterocycles. The third-order valence-electron chi connectivity index (χ3n) is 4.76. The zero-order chi connectivity index (χ0) is 20.7. The van der Waals surface area contributed by atoms with Gasteiger partial charge in [-0.2, -0.15) is 0 Å². The van der Waals surface area contributed by atoms with E-state index in [2.05, 4.69) is 4.98 Å². The molecule has 0 saturated heterocycles. The number of H-pyrrole nitrogens is 1. The summed E-state index contributed by atoms with van der Waals surface area (Å²) in [5.74, 6) is -3.70. The molecule has 0 saturated carbocycles. The van der Waals surface area contributed by atoms with E-state index in [4.69, 9.17) is 11.6 Å². The van der Waals surface area contributed by atoms with Gasteiger partial charge in [-0.25, -0.2) is 4.39 Å². The molecule has 9 heteroatoms. The number of carbonyl (C=O) groups is 2. The van der Waals surface area contributed by atoms with Gasteiger partial charge in [0.25, 0.3) is 0 Å². The highest BCUT2D eigenvalue weighted by atomic mass is 35.5. The summed E-state index contributed by atoms with van der Waals surface area (Å²) in [6.07, 6.45) is 0. The summed E-state index contributed by atoms with van der Waals surface area (Å²) in [5, 5.41) is 9.68. The Morgan fingerprint density at radius 2 is 1.72 bits per heavy atom. The van der Waals surface area contributed by atoms with Crippen LogP contribution in [0.3, 0.4) is 0 Å². The first-order valence-electron chi connectivity index (χ1n) is 8.53. The Labute approximate surface area is 177 Å². The van der Waals surface area contributed by atoms with Crippen molar-refractivity contribution in [3.8, 4) is 0 Å². The summed E-state index contributed by atoms with van der Waals surface area (Å²) >= 11 is 7.91. The van der Waals surface area contributed by atoms with E-state index in [-0.39, 0.29) is 10.4 Å². The predicted octanol–water partition coefficient (Wildman–Crippen LogP) is 4.42. The van der Waals surface area contributed by atoms with Crippen LogP contribution in [0.5, 0.6) is 0 Å². The third-order valence-corrected chi connectivity index (χ3v) is 7.41. The highest BCUT2D eigenvalue weighted by Gasteiger charge is 2.47. The maximum absolute atomic E-state index is 13.4. The second kappa shape index (κ2) is 7.78. The minimum atomic E-state index is -1.16. The van der Waals surface area contributed by atoms with E-state index in [0.29, 0.717) is 20.5 Å². The van der Waals surface area contributed by atoms with Crippen molar-refractivity contribution < 1.29 is 19.1 Å². The van der Waals surface area contributed by atoms with Crippen molar-refractivity contribution in [1.29, 1.82) is 0 Å². The fourth-order valence-electron chi connectivity index (χ4n) is 3.48. The van der Waals surface area contributed by atoms with E-state index < -0.39 is 34.7 Å². The average molecular weight is 450 g/mol. The molecule has 148 valence electrons. The van der Waals surface area contributed by atoms with Crippen LogP contribution < -0.4 is 4.87 Å². The molecule has 1 aliphatic rings. The number of nitrogens with one attached hydrogen (secondary N) is 1. The number of hydrogen-bond acceptors (Lipinski definition) is 5. The standard InChI is InChI=1S/C20H13ClFNO4S2/c21-11-5-1-9(2-6-11)13-14(15(24)10-3-7-12(22)8-4-10)17(19(25)26)28-18-16(13)29-20(27)23-18/h1-8,13-14,17H,(H,23,27)(H,25,26)/t13-,14+,17-/m0/s1. The van der Waals surface area contributed by atoms with E-state index >= 15 is 0 Å². The normalized spacial score (nSPS) is 20.8. The van der Waals surface area contributed by atoms with Gasteiger partial charge in [0.05, 0.1) is 10.9 Å². The Hall–Kier alpha value is -2.42. The first-order chi connectivity index (χ1) is 13.8. The monoisotopic (exact) mass is 449 g/mol. The summed E-state index contributed by atoms with van der Waals surface area (Å²) in [7, 11) is 0. The number of fused-ring (bicyclic) bond motifs is 1. The lowest BCUT2D eigenvalue weighted by molar-refractivity contribution is -0.137. The van der Waals surface area contributed by atoms with Crippen molar-refractivity contribution in [2.24, 2.45) is 5.92 Å². The lowest BCUT2D eigenvalue weighted by atomic mass is 9.78. The highest BCUT2D eigenvalue weighted by molar-refractivity contribution is 8.00. The van der Waals surface area contributed by atoms with Gasteiger partial charge in [-0.15, -0.1) is 0 Å². The molecule has 3 aromatic rings. The van der Waals surface area contributed by atoms with Crippen LogP contribution in [-0.4, -0.2) is 27.1 Å². The van der Waals surface area contributed by atoms with Crippen molar-refractivity contribution in [3.05, 3.63) is 85.0 Å². The van der Waals surface area contributed by atoms with E-state index in [1.807, 2.05) is 0 Å². The molecule has 0 bridgehead atoms. The van der Waals surface area contributed by atoms with E-state index in [0.717, 1.165) is 35.2 Å². The maximum atomic E-state index is 13.4. The van der Waals surface area contributed by atoms with E-state index in [1.165, 1.54) is 12.1 Å². The second-order valence-electron chi connectivity index (χ2n) is 6.51. The van der Waals surface area contributed by atoms with Crippen molar-refractivity contribution in [2.75, 3.05) is 0 Å². The van der Waals surface area contributed by atoms with E-state index in [1.54, 1.807) is 24.3 Å². The second-order valence-corrected chi connectivity index (χ2v) is 9.11. The number of Topliss-reactive ketones (excluding diaryl/α,β-unsaturated/α-hetero) is 1. The van der Waals surface area contributed by atoms with Crippen LogP contribution in [0.4, 0.5) is 4.39 Å². The van der Waals surface area contributed by atoms with Crippen LogP contribution in [0.25, 0.3) is 0 Å². The molecule has 1 aliphatic heterocycles. The molecule has 0 amide bonds. The van der Waals surface area contributed by atoms with Gasteiger partial charge in [0, 0.05) is 21.4 Å². The van der Waals surface area contributed by atoms with Crippen LogP contribution in [0, 0.1) is 11.7 Å². The highest BCUT2D eigenvalue weighted by Crippen LogP contribution is 2.50. The largest absolute Gasteiger partial charge is 0.480 e. The fraction of sp³-hybridized carbons (Fsp3) is 0.150. The Morgan fingerprint density at radius 3 is 2.34 bits per heavy atom. The molecule has 2 N–H and O–H groups in total. The number of carboxylic acids is 1. The Balaban J connectivity index is 1.90. The number of carbonyl (C=O) groups excluding carboxylic acids is 1. The van der Waals surface area contributed by atoms with E-state index in [9.17, 15) is 23.9 Å². The number of aliphatic carboxylic acids is 1. The molecule has 5 nitrogen and oxygen atoms in total. The predicted molar refractivity (Wildman–Crippen MR) is 110 cm³/mol. The number of halogens is 2. The number of carboxylic acid groups (broad SMARTS) is 1. The molecule has 4 rings (SSSR count). The number of thiazole rings is 1. The molecule has 0 fully saturated rings. The number of ketones is 1. The molecule has 0 unspecified atom stereocenters. The summed E-state index contributed by atoms with van der Waals surface area (Å²) in [4.78, 5) is 40.4. The Bertz CT molecular complexity index is 1140. The van der Waals surface area contributed by atoms with Gasteiger partial charge < -0.3 is 10.1 Å². The molecule has 0 spiro atoms. The molecule has 0 radical (unpaired) electrons. The zero-order valence-corrected chi connectivity index (χ0v) is 17.0. The molecule has 3 atom stereocenters. The minimum absolute atomic E-state index is 0.216. The fourth-order valence-corrected chi connectivity index (χ4v) is 6.03. The summed E-state index contributed by atoms with van der Waals surface area (Å²) in [6, 6.07) is 11.8. The van der Waals surface area contributed by atoms with Crippen molar-refractivity contribution >= 4 is 46.5 Å². The van der Waals surface area contributed by atoms with Crippen LogP contribution >= 0.6 is 34.7 Å².